The molecule has 0 N–H and O–H groups in total. The third-order valence-electron chi connectivity index (χ3n) is 4.52. The molecule has 3 rings (SSSR count). The second-order valence-corrected chi connectivity index (χ2v) is 9.38. The molecule has 1 amide bonds. The van der Waals surface area contributed by atoms with Gasteiger partial charge in [-0.05, 0) is 43.4 Å². The van der Waals surface area contributed by atoms with Crippen molar-refractivity contribution in [2.75, 3.05) is 37.3 Å². The van der Waals surface area contributed by atoms with Gasteiger partial charge in [-0.1, -0.05) is 25.2 Å². The Kier molecular flexibility index (Phi) is 6.17. The SMILES string of the molecule is CCN(CC)CCN(C(=O)c1ccco1)c1nc2ccc(S(C)(=O)=O)cc2s1. The summed E-state index contributed by atoms with van der Waals surface area (Å²) in [6.07, 6.45) is 2.64. The molecule has 2 heterocycles. The topological polar surface area (TPSA) is 83.7 Å². The van der Waals surface area contributed by atoms with E-state index in [9.17, 15) is 13.2 Å². The number of amides is 1. The second kappa shape index (κ2) is 8.42. The van der Waals surface area contributed by atoms with Crippen LogP contribution in [0.5, 0.6) is 0 Å². The third-order valence-corrected chi connectivity index (χ3v) is 6.67. The number of aromatic nitrogens is 1. The zero-order valence-electron chi connectivity index (χ0n) is 16.1. The summed E-state index contributed by atoms with van der Waals surface area (Å²) in [5, 5.41) is 0.522. The fourth-order valence-corrected chi connectivity index (χ4v) is 4.59. The summed E-state index contributed by atoms with van der Waals surface area (Å²) in [6, 6.07) is 8.11. The van der Waals surface area contributed by atoms with Crippen LogP contribution >= 0.6 is 11.3 Å². The summed E-state index contributed by atoms with van der Waals surface area (Å²) in [5.74, 6) is -0.0184. The number of thiazole rings is 1. The van der Waals surface area contributed by atoms with Crippen molar-refractivity contribution < 1.29 is 17.6 Å². The average molecular weight is 422 g/mol. The lowest BCUT2D eigenvalue weighted by Gasteiger charge is -2.24. The Labute approximate surface area is 168 Å². The quantitative estimate of drug-likeness (QED) is 0.555. The molecule has 2 aromatic heterocycles. The van der Waals surface area contributed by atoms with E-state index in [-0.39, 0.29) is 16.6 Å². The molecule has 0 aliphatic carbocycles. The molecule has 0 atom stereocenters. The first-order valence-electron chi connectivity index (χ1n) is 9.01. The summed E-state index contributed by atoms with van der Waals surface area (Å²) in [5.41, 5.74) is 0.660. The van der Waals surface area contributed by atoms with Crippen LogP contribution in [0.3, 0.4) is 0 Å². The summed E-state index contributed by atoms with van der Waals surface area (Å²) in [6.45, 7) is 7.08. The predicted molar refractivity (Wildman–Crippen MR) is 111 cm³/mol. The van der Waals surface area contributed by atoms with Crippen LogP contribution in [-0.2, 0) is 9.84 Å². The Morgan fingerprint density at radius 3 is 2.54 bits per heavy atom. The maximum Gasteiger partial charge on any atom is 0.295 e. The van der Waals surface area contributed by atoms with Gasteiger partial charge < -0.3 is 9.32 Å². The van der Waals surface area contributed by atoms with E-state index >= 15 is 0 Å². The van der Waals surface area contributed by atoms with Crippen LogP contribution in [0.2, 0.25) is 0 Å². The van der Waals surface area contributed by atoms with Crippen molar-refractivity contribution in [1.82, 2.24) is 9.88 Å². The summed E-state index contributed by atoms with van der Waals surface area (Å²) in [4.78, 5) is 21.6. The predicted octanol–water partition coefficient (Wildman–Crippen LogP) is 3.28. The number of hydrogen-bond donors (Lipinski definition) is 0. The fourth-order valence-electron chi connectivity index (χ4n) is 2.84. The normalized spacial score (nSPS) is 12.0. The van der Waals surface area contributed by atoms with Crippen LogP contribution in [0.1, 0.15) is 24.4 Å². The van der Waals surface area contributed by atoms with Crippen molar-refractivity contribution in [3.05, 3.63) is 42.4 Å². The molecule has 0 saturated heterocycles. The van der Waals surface area contributed by atoms with Gasteiger partial charge >= 0.3 is 0 Å². The van der Waals surface area contributed by atoms with Gasteiger partial charge in [0, 0.05) is 19.3 Å². The minimum absolute atomic E-state index is 0.238. The molecule has 28 heavy (non-hydrogen) atoms. The summed E-state index contributed by atoms with van der Waals surface area (Å²) in [7, 11) is -3.31. The number of hydrogen-bond acceptors (Lipinski definition) is 7. The van der Waals surface area contributed by atoms with E-state index in [1.54, 1.807) is 29.2 Å². The van der Waals surface area contributed by atoms with Gasteiger partial charge in [-0.3, -0.25) is 9.69 Å². The van der Waals surface area contributed by atoms with Crippen molar-refractivity contribution in [3.8, 4) is 0 Å². The van der Waals surface area contributed by atoms with E-state index in [1.807, 2.05) is 0 Å². The molecule has 9 heteroatoms. The standard InChI is InChI=1S/C19H23N3O4S2/c1-4-21(5-2)10-11-22(18(23)16-7-6-12-26-16)19-20-15-9-8-14(28(3,24)25)13-17(15)27-19/h6-9,12-13H,4-5,10-11H2,1-3H3. The largest absolute Gasteiger partial charge is 0.459 e. The zero-order chi connectivity index (χ0) is 20.3. The van der Waals surface area contributed by atoms with Crippen molar-refractivity contribution in [2.24, 2.45) is 0 Å². The van der Waals surface area contributed by atoms with Crippen molar-refractivity contribution >= 4 is 42.4 Å². The molecular formula is C19H23N3O4S2. The van der Waals surface area contributed by atoms with Gasteiger partial charge in [0.1, 0.15) is 0 Å². The highest BCUT2D eigenvalue weighted by Crippen LogP contribution is 2.31. The average Bonchev–Trinajstić information content (AvgIpc) is 3.33. The number of rotatable bonds is 8. The maximum absolute atomic E-state index is 13.0. The molecule has 7 nitrogen and oxygen atoms in total. The van der Waals surface area contributed by atoms with Gasteiger partial charge in [-0.25, -0.2) is 13.4 Å². The highest BCUT2D eigenvalue weighted by molar-refractivity contribution is 7.90. The molecule has 0 bridgehead atoms. The number of benzene rings is 1. The lowest BCUT2D eigenvalue weighted by atomic mass is 10.3. The van der Waals surface area contributed by atoms with Gasteiger partial charge in [0.2, 0.25) is 0 Å². The lowest BCUT2D eigenvalue weighted by molar-refractivity contribution is 0.0957. The number of fused-ring (bicyclic) bond motifs is 1. The number of furan rings is 1. The van der Waals surface area contributed by atoms with E-state index in [2.05, 4.69) is 23.7 Å². The van der Waals surface area contributed by atoms with Crippen LogP contribution in [0.4, 0.5) is 5.13 Å². The molecule has 0 aliphatic rings. The van der Waals surface area contributed by atoms with Gasteiger partial charge in [0.25, 0.3) is 5.91 Å². The van der Waals surface area contributed by atoms with Crippen LogP contribution in [0.25, 0.3) is 10.2 Å². The van der Waals surface area contributed by atoms with Crippen LogP contribution in [0.15, 0.2) is 45.9 Å². The van der Waals surface area contributed by atoms with Crippen molar-refractivity contribution in [2.45, 2.75) is 18.7 Å². The molecule has 150 valence electrons. The van der Waals surface area contributed by atoms with E-state index in [1.165, 1.54) is 29.9 Å². The number of anilines is 1. The minimum atomic E-state index is -3.31. The molecule has 0 saturated carbocycles. The highest BCUT2D eigenvalue weighted by atomic mass is 32.2. The van der Waals surface area contributed by atoms with E-state index in [0.717, 1.165) is 17.8 Å². The molecule has 3 aromatic rings. The lowest BCUT2D eigenvalue weighted by Crippen LogP contribution is -2.38. The highest BCUT2D eigenvalue weighted by Gasteiger charge is 2.24. The summed E-state index contributed by atoms with van der Waals surface area (Å²) >= 11 is 1.30. The molecule has 0 spiro atoms. The fraction of sp³-hybridized carbons (Fsp3) is 0.368. The first-order chi connectivity index (χ1) is 13.3. The van der Waals surface area contributed by atoms with Crippen LogP contribution in [-0.4, -0.2) is 56.6 Å². The molecule has 0 aliphatic heterocycles. The Morgan fingerprint density at radius 1 is 1.18 bits per heavy atom. The van der Waals surface area contributed by atoms with Crippen molar-refractivity contribution in [1.29, 1.82) is 0 Å². The number of likely N-dealkylation sites (N-methyl/N-ethyl adjacent to an activating group) is 1. The van der Waals surface area contributed by atoms with Gasteiger partial charge in [-0.2, -0.15) is 0 Å². The molecule has 1 aromatic carbocycles. The Hall–Kier alpha value is -2.23. The minimum Gasteiger partial charge on any atom is -0.459 e. The molecule has 0 fully saturated rings. The number of nitrogens with zero attached hydrogens (tertiary/aromatic N) is 3. The van der Waals surface area contributed by atoms with Crippen LogP contribution in [0, 0.1) is 0 Å². The molecule has 0 radical (unpaired) electrons. The molecular weight excluding hydrogens is 398 g/mol. The van der Waals surface area contributed by atoms with E-state index < -0.39 is 9.84 Å². The number of carbonyl (C=O) groups excluding carboxylic acids is 1. The Balaban J connectivity index is 1.97. The zero-order valence-corrected chi connectivity index (χ0v) is 17.7. The first kappa shape index (κ1) is 20.5. The van der Waals surface area contributed by atoms with Crippen LogP contribution < -0.4 is 4.90 Å². The second-order valence-electron chi connectivity index (χ2n) is 6.36. The summed E-state index contributed by atoms with van der Waals surface area (Å²) < 4.78 is 29.7. The van der Waals surface area contributed by atoms with Gasteiger partial charge in [0.15, 0.2) is 20.7 Å². The Bertz CT molecular complexity index is 1050. The van der Waals surface area contributed by atoms with Gasteiger partial charge in [-0.15, -0.1) is 0 Å². The monoisotopic (exact) mass is 421 g/mol. The van der Waals surface area contributed by atoms with Gasteiger partial charge in [0.05, 0.1) is 21.4 Å². The van der Waals surface area contributed by atoms with Crippen molar-refractivity contribution in [3.63, 3.8) is 0 Å². The first-order valence-corrected chi connectivity index (χ1v) is 11.7. The van der Waals surface area contributed by atoms with E-state index in [4.69, 9.17) is 4.42 Å². The Morgan fingerprint density at radius 2 is 1.93 bits per heavy atom. The molecule has 0 unspecified atom stereocenters. The number of carbonyl (C=O) groups is 1. The van der Waals surface area contributed by atoms with E-state index in [0.29, 0.717) is 23.7 Å². The maximum atomic E-state index is 13.0. The third kappa shape index (κ3) is 4.43. The smallest absolute Gasteiger partial charge is 0.295 e. The number of sulfone groups is 1.